The molecule has 4 rings (SSSR count). The number of hydrogen-bond donors (Lipinski definition) is 4. The summed E-state index contributed by atoms with van der Waals surface area (Å²) >= 11 is 0. The predicted octanol–water partition coefficient (Wildman–Crippen LogP) is 1.75. The van der Waals surface area contributed by atoms with Gasteiger partial charge in [0.15, 0.2) is 12.2 Å². The van der Waals surface area contributed by atoms with Gasteiger partial charge < -0.3 is 39.4 Å². The molecule has 0 saturated carbocycles. The third-order valence-corrected chi connectivity index (χ3v) is 7.33. The molecule has 1 saturated heterocycles. The van der Waals surface area contributed by atoms with Crippen molar-refractivity contribution in [3.8, 4) is 5.75 Å². The van der Waals surface area contributed by atoms with Crippen LogP contribution in [0.15, 0.2) is 36.4 Å². The second-order valence-electron chi connectivity index (χ2n) is 10.3. The molecule has 2 aliphatic rings. The number of aliphatic carboxylic acids is 3. The summed E-state index contributed by atoms with van der Waals surface area (Å²) in [5.41, 5.74) is 1.31. The Kier molecular flexibility index (Phi) is 11.5. The highest BCUT2D eigenvalue weighted by Crippen LogP contribution is 2.31. The Morgan fingerprint density at radius 1 is 0.929 bits per heavy atom. The van der Waals surface area contributed by atoms with Crippen LogP contribution in [0.2, 0.25) is 0 Å². The Labute approximate surface area is 243 Å². The van der Waals surface area contributed by atoms with Gasteiger partial charge in [-0.05, 0) is 43.2 Å². The highest BCUT2D eigenvalue weighted by atomic mass is 16.5. The van der Waals surface area contributed by atoms with Crippen LogP contribution in [0.25, 0.3) is 0 Å². The van der Waals surface area contributed by atoms with Crippen molar-refractivity contribution in [3.05, 3.63) is 53.3 Å². The van der Waals surface area contributed by atoms with Crippen LogP contribution in [0, 0.1) is 6.92 Å². The van der Waals surface area contributed by atoms with Crippen molar-refractivity contribution < 1.29 is 49.1 Å². The highest BCUT2D eigenvalue weighted by Gasteiger charge is 2.40. The number of fused-ring (bicyclic) bond motifs is 1. The molecule has 2 aliphatic heterocycles. The second-order valence-corrected chi connectivity index (χ2v) is 10.3. The van der Waals surface area contributed by atoms with Crippen molar-refractivity contribution >= 4 is 23.8 Å². The predicted molar refractivity (Wildman–Crippen MR) is 149 cm³/mol. The third kappa shape index (κ3) is 8.78. The molecular formula is C29H39N3O10. The van der Waals surface area contributed by atoms with E-state index in [2.05, 4.69) is 47.6 Å². The summed E-state index contributed by atoms with van der Waals surface area (Å²) in [4.78, 5) is 47.1. The first-order chi connectivity index (χ1) is 19.9. The van der Waals surface area contributed by atoms with E-state index in [1.807, 2.05) is 12.1 Å². The lowest BCUT2D eigenvalue weighted by molar-refractivity contribution is -0.170. The molecule has 0 aliphatic carbocycles. The van der Waals surface area contributed by atoms with Gasteiger partial charge in [-0.1, -0.05) is 19.1 Å². The number of aryl methyl sites for hydroxylation is 1. The number of ether oxygens (including phenoxy) is 2. The molecule has 1 amide bonds. The van der Waals surface area contributed by atoms with E-state index in [1.165, 1.54) is 17.0 Å². The van der Waals surface area contributed by atoms with E-state index in [1.54, 1.807) is 4.90 Å². The smallest absolute Gasteiger partial charge is 0.336 e. The van der Waals surface area contributed by atoms with Gasteiger partial charge in [-0.15, -0.1) is 0 Å². The summed E-state index contributed by atoms with van der Waals surface area (Å²) in [5.74, 6) is -4.25. The van der Waals surface area contributed by atoms with Crippen molar-refractivity contribution in [3.63, 3.8) is 0 Å². The molecule has 2 aromatic rings. The molecule has 3 heterocycles. The summed E-state index contributed by atoms with van der Waals surface area (Å²) in [6, 6.07) is 13.1. The molecule has 1 unspecified atom stereocenters. The Hall–Kier alpha value is -3.94. The summed E-state index contributed by atoms with van der Waals surface area (Å²) in [5, 5.41) is 33.8. The summed E-state index contributed by atoms with van der Waals surface area (Å²) in [6.45, 7) is 10.1. The molecule has 0 radical (unpaired) electrons. The number of nitrogens with zero attached hydrogens (tertiary/aromatic N) is 3. The number of amides is 1. The van der Waals surface area contributed by atoms with E-state index in [4.69, 9.17) is 29.9 Å². The summed E-state index contributed by atoms with van der Waals surface area (Å²) in [6.07, 6.45) is -1.18. The van der Waals surface area contributed by atoms with E-state index in [9.17, 15) is 19.2 Å². The second kappa shape index (κ2) is 14.8. The maximum Gasteiger partial charge on any atom is 0.336 e. The number of carboxylic acid groups (broad SMARTS) is 3. The fourth-order valence-corrected chi connectivity index (χ4v) is 5.10. The fourth-order valence-electron chi connectivity index (χ4n) is 5.10. The molecule has 4 N–H and O–H groups in total. The largest absolute Gasteiger partial charge is 0.484 e. The zero-order valence-corrected chi connectivity index (χ0v) is 23.9. The molecule has 1 aromatic carbocycles. The Morgan fingerprint density at radius 2 is 1.55 bits per heavy atom. The molecule has 1 aromatic heterocycles. The van der Waals surface area contributed by atoms with Gasteiger partial charge in [-0.2, -0.15) is 0 Å². The van der Waals surface area contributed by atoms with E-state index in [-0.39, 0.29) is 12.5 Å². The number of carboxylic acids is 3. The van der Waals surface area contributed by atoms with Crippen LogP contribution in [0.5, 0.6) is 5.75 Å². The van der Waals surface area contributed by atoms with Crippen molar-refractivity contribution in [2.75, 3.05) is 39.5 Å². The Balaban J connectivity index is 0.000000316. The first-order valence-electron chi connectivity index (χ1n) is 13.8. The summed E-state index contributed by atoms with van der Waals surface area (Å²) < 4.78 is 13.4. The molecular weight excluding hydrogens is 550 g/mol. The lowest BCUT2D eigenvalue weighted by atomic mass is 9.96. The van der Waals surface area contributed by atoms with Gasteiger partial charge in [0, 0.05) is 44.1 Å². The van der Waals surface area contributed by atoms with Gasteiger partial charge in [-0.3, -0.25) is 19.3 Å². The average molecular weight is 590 g/mol. The van der Waals surface area contributed by atoms with Crippen molar-refractivity contribution in [2.24, 2.45) is 0 Å². The molecule has 13 nitrogen and oxygen atoms in total. The number of rotatable bonds is 11. The number of benzene rings is 1. The molecule has 0 spiro atoms. The highest BCUT2D eigenvalue weighted by molar-refractivity contribution is 5.88. The van der Waals surface area contributed by atoms with Gasteiger partial charge in [0.2, 0.25) is 0 Å². The normalized spacial score (nSPS) is 17.0. The number of morpholine rings is 1. The van der Waals surface area contributed by atoms with Gasteiger partial charge in [0.1, 0.15) is 5.75 Å². The third-order valence-electron chi connectivity index (χ3n) is 7.33. The molecule has 1 atom stereocenters. The van der Waals surface area contributed by atoms with E-state index in [0.29, 0.717) is 32.3 Å². The van der Waals surface area contributed by atoms with E-state index < -0.39 is 36.4 Å². The lowest BCUT2D eigenvalue weighted by Crippen LogP contribution is -2.42. The SMILES string of the molecule is CCC1c2ccc(C)n2CCN1Cc1ccc(OCC(=O)N2CCOCC2)cc1.O=C(O)CC(O)(CC(=O)O)C(=O)O. The maximum absolute atomic E-state index is 12.2. The maximum atomic E-state index is 12.2. The van der Waals surface area contributed by atoms with Gasteiger partial charge in [-0.25, -0.2) is 4.79 Å². The lowest BCUT2D eigenvalue weighted by Gasteiger charge is -2.37. The quantitative estimate of drug-likeness (QED) is 0.300. The Morgan fingerprint density at radius 3 is 2.10 bits per heavy atom. The van der Waals surface area contributed by atoms with E-state index in [0.717, 1.165) is 31.8 Å². The number of hydrogen-bond acceptors (Lipinski definition) is 8. The van der Waals surface area contributed by atoms with Crippen LogP contribution >= 0.6 is 0 Å². The minimum atomic E-state index is -2.74. The Bertz CT molecular complexity index is 1220. The number of aromatic nitrogens is 1. The molecule has 42 heavy (non-hydrogen) atoms. The minimum absolute atomic E-state index is 0.0229. The van der Waals surface area contributed by atoms with Crippen molar-refractivity contribution in [1.29, 1.82) is 0 Å². The van der Waals surface area contributed by atoms with Gasteiger partial charge in [0.05, 0.1) is 32.1 Å². The van der Waals surface area contributed by atoms with Crippen LogP contribution in [0.3, 0.4) is 0 Å². The zero-order valence-electron chi connectivity index (χ0n) is 23.9. The van der Waals surface area contributed by atoms with Crippen LogP contribution in [0.1, 0.15) is 49.2 Å². The van der Waals surface area contributed by atoms with Crippen LogP contribution < -0.4 is 4.74 Å². The van der Waals surface area contributed by atoms with Crippen LogP contribution in [-0.4, -0.2) is 104 Å². The standard InChI is InChI=1S/C23H31N3O3.C6H8O7/c1-3-21-22-9-4-18(2)26(22)11-10-25(21)16-19-5-7-20(8-6-19)29-17-23(27)24-12-14-28-15-13-24;7-3(8)1-6(13,5(11)12)2-4(9)10/h4-9,21H,3,10-17H2,1-2H3;13H,1-2H2,(H,7,8)(H,9,10)(H,11,12). The van der Waals surface area contributed by atoms with Crippen LogP contribution in [-0.2, 0) is 37.0 Å². The average Bonchev–Trinajstić information content (AvgIpc) is 3.32. The zero-order chi connectivity index (χ0) is 30.9. The topological polar surface area (TPSA) is 179 Å². The number of carbonyl (C=O) groups excluding carboxylic acids is 1. The molecule has 0 bridgehead atoms. The number of aliphatic hydroxyl groups is 1. The summed E-state index contributed by atoms with van der Waals surface area (Å²) in [7, 11) is 0. The van der Waals surface area contributed by atoms with Gasteiger partial charge >= 0.3 is 17.9 Å². The van der Waals surface area contributed by atoms with E-state index >= 15 is 0 Å². The van der Waals surface area contributed by atoms with Crippen molar-refractivity contribution in [2.45, 2.75) is 57.8 Å². The fraction of sp³-hybridized carbons (Fsp3) is 0.517. The first kappa shape index (κ1) is 32.6. The molecule has 13 heteroatoms. The monoisotopic (exact) mass is 589 g/mol. The minimum Gasteiger partial charge on any atom is -0.484 e. The van der Waals surface area contributed by atoms with Crippen molar-refractivity contribution in [1.82, 2.24) is 14.4 Å². The molecule has 1 fully saturated rings. The van der Waals surface area contributed by atoms with Gasteiger partial charge in [0.25, 0.3) is 5.91 Å². The van der Waals surface area contributed by atoms with Crippen LogP contribution in [0.4, 0.5) is 0 Å². The molecule has 230 valence electrons. The first-order valence-corrected chi connectivity index (χ1v) is 13.8. The number of carbonyl (C=O) groups is 4.